The third kappa shape index (κ3) is 8.66. The number of nitrogens with zero attached hydrogens (tertiary/aromatic N) is 2. The lowest BCUT2D eigenvalue weighted by molar-refractivity contribution is -0.0679. The molecule has 0 aromatic carbocycles. The zero-order valence-electron chi connectivity index (χ0n) is 16.8. The van der Waals surface area contributed by atoms with E-state index in [2.05, 4.69) is 41.3 Å². The molecule has 0 bridgehead atoms. The molecular formula is C19H38N4O3. The summed E-state index contributed by atoms with van der Waals surface area (Å²) < 4.78 is 16.9. The van der Waals surface area contributed by atoms with Crippen molar-refractivity contribution in [2.24, 2.45) is 4.99 Å². The van der Waals surface area contributed by atoms with Gasteiger partial charge in [0.05, 0.1) is 24.9 Å². The molecule has 0 aromatic rings. The van der Waals surface area contributed by atoms with E-state index < -0.39 is 0 Å². The zero-order chi connectivity index (χ0) is 18.6. The molecule has 0 amide bonds. The Morgan fingerprint density at radius 2 is 2.00 bits per heavy atom. The molecule has 2 heterocycles. The first-order chi connectivity index (χ1) is 12.7. The minimum atomic E-state index is 0.288. The number of ether oxygens (including phenoxy) is 3. The highest BCUT2D eigenvalue weighted by Crippen LogP contribution is 2.10. The Morgan fingerprint density at radius 3 is 2.69 bits per heavy atom. The Labute approximate surface area is 158 Å². The summed E-state index contributed by atoms with van der Waals surface area (Å²) in [5.41, 5.74) is 0. The van der Waals surface area contributed by atoms with Gasteiger partial charge in [-0.1, -0.05) is 0 Å². The fraction of sp³-hybridized carbons (Fsp3) is 0.947. The molecule has 2 fully saturated rings. The van der Waals surface area contributed by atoms with E-state index in [4.69, 9.17) is 14.2 Å². The summed E-state index contributed by atoms with van der Waals surface area (Å²) in [6.45, 7) is 14.5. The van der Waals surface area contributed by atoms with Crippen LogP contribution in [0.4, 0.5) is 0 Å². The van der Waals surface area contributed by atoms with Gasteiger partial charge >= 0.3 is 0 Å². The number of aliphatic imine (C=N–C) groups is 1. The normalized spacial score (nSPS) is 27.7. The summed E-state index contributed by atoms with van der Waals surface area (Å²) in [6.07, 6.45) is 4.03. The van der Waals surface area contributed by atoms with Gasteiger partial charge < -0.3 is 24.8 Å². The summed E-state index contributed by atoms with van der Waals surface area (Å²) in [4.78, 5) is 7.13. The van der Waals surface area contributed by atoms with E-state index in [-0.39, 0.29) is 6.10 Å². The highest BCUT2D eigenvalue weighted by atomic mass is 16.5. The largest absolute Gasteiger partial charge is 0.379 e. The van der Waals surface area contributed by atoms with Crippen LogP contribution in [0.3, 0.4) is 0 Å². The van der Waals surface area contributed by atoms with Crippen LogP contribution in [0.2, 0.25) is 0 Å². The fourth-order valence-corrected chi connectivity index (χ4v) is 3.47. The van der Waals surface area contributed by atoms with E-state index in [1.807, 2.05) is 0 Å². The minimum absolute atomic E-state index is 0.288. The molecule has 26 heavy (non-hydrogen) atoms. The Hall–Kier alpha value is -0.890. The Balaban J connectivity index is 1.56. The molecule has 0 aliphatic carbocycles. The summed E-state index contributed by atoms with van der Waals surface area (Å²) in [5.74, 6) is 0.903. The van der Waals surface area contributed by atoms with E-state index in [0.717, 1.165) is 84.3 Å². The van der Waals surface area contributed by atoms with Gasteiger partial charge in [-0.3, -0.25) is 9.89 Å². The topological polar surface area (TPSA) is 67.4 Å². The van der Waals surface area contributed by atoms with Crippen molar-refractivity contribution < 1.29 is 14.2 Å². The molecule has 7 heteroatoms. The zero-order valence-corrected chi connectivity index (χ0v) is 16.8. The second-order valence-electron chi connectivity index (χ2n) is 7.27. The van der Waals surface area contributed by atoms with Crippen LogP contribution in [0.1, 0.15) is 40.0 Å². The summed E-state index contributed by atoms with van der Waals surface area (Å²) in [6, 6.07) is 0. The van der Waals surface area contributed by atoms with Crippen molar-refractivity contribution in [3.05, 3.63) is 0 Å². The smallest absolute Gasteiger partial charge is 0.191 e. The van der Waals surface area contributed by atoms with Gasteiger partial charge in [0.2, 0.25) is 0 Å². The highest BCUT2D eigenvalue weighted by Gasteiger charge is 2.21. The number of hydrogen-bond donors (Lipinski definition) is 2. The van der Waals surface area contributed by atoms with Gasteiger partial charge in [0.1, 0.15) is 0 Å². The third-order valence-corrected chi connectivity index (χ3v) is 4.60. The first-order valence-corrected chi connectivity index (χ1v) is 10.3. The molecule has 3 atom stereocenters. The van der Waals surface area contributed by atoms with Gasteiger partial charge in [0.15, 0.2) is 5.96 Å². The molecular weight excluding hydrogens is 332 g/mol. The highest BCUT2D eigenvalue weighted by molar-refractivity contribution is 5.79. The van der Waals surface area contributed by atoms with Crippen LogP contribution in [-0.4, -0.2) is 88.3 Å². The molecule has 152 valence electrons. The van der Waals surface area contributed by atoms with Crippen LogP contribution in [0.5, 0.6) is 0 Å². The summed E-state index contributed by atoms with van der Waals surface area (Å²) in [5, 5.41) is 6.75. The molecule has 0 aromatic heterocycles. The molecule has 2 aliphatic heterocycles. The molecule has 7 nitrogen and oxygen atoms in total. The van der Waals surface area contributed by atoms with Gasteiger partial charge in [-0.15, -0.1) is 0 Å². The van der Waals surface area contributed by atoms with Crippen molar-refractivity contribution in [1.29, 1.82) is 0 Å². The number of morpholine rings is 1. The van der Waals surface area contributed by atoms with E-state index >= 15 is 0 Å². The van der Waals surface area contributed by atoms with Gasteiger partial charge in [0, 0.05) is 52.5 Å². The molecule has 2 rings (SSSR count). The van der Waals surface area contributed by atoms with Crippen LogP contribution in [-0.2, 0) is 14.2 Å². The maximum Gasteiger partial charge on any atom is 0.191 e. The molecule has 3 unspecified atom stereocenters. The Kier molecular flexibility index (Phi) is 10.3. The SMILES string of the molecule is CCNC(=NCCCOC1CCOC1)NCCCN1CC(C)OC(C)C1. The standard InChI is InChI=1S/C19H38N4O3/c1-4-20-19(22-9-6-11-25-18-7-12-24-15-18)21-8-5-10-23-13-16(2)26-17(3)14-23/h16-18H,4-15H2,1-3H3,(H2,20,21,22). The van der Waals surface area contributed by atoms with Crippen molar-refractivity contribution in [2.75, 3.05) is 59.1 Å². The number of hydrogen-bond acceptors (Lipinski definition) is 5. The van der Waals surface area contributed by atoms with Gasteiger partial charge in [0.25, 0.3) is 0 Å². The lowest BCUT2D eigenvalue weighted by Gasteiger charge is -2.35. The van der Waals surface area contributed by atoms with Crippen molar-refractivity contribution in [3.8, 4) is 0 Å². The first kappa shape index (κ1) is 21.4. The fourth-order valence-electron chi connectivity index (χ4n) is 3.47. The minimum Gasteiger partial charge on any atom is -0.379 e. The van der Waals surface area contributed by atoms with Crippen LogP contribution < -0.4 is 10.6 Å². The summed E-state index contributed by atoms with van der Waals surface area (Å²) in [7, 11) is 0. The van der Waals surface area contributed by atoms with Gasteiger partial charge in [-0.2, -0.15) is 0 Å². The van der Waals surface area contributed by atoms with E-state index in [1.165, 1.54) is 0 Å². The monoisotopic (exact) mass is 370 g/mol. The van der Waals surface area contributed by atoms with Gasteiger partial charge in [-0.25, -0.2) is 0 Å². The van der Waals surface area contributed by atoms with E-state index in [9.17, 15) is 0 Å². The molecule has 0 saturated carbocycles. The molecule has 2 saturated heterocycles. The maximum atomic E-state index is 5.79. The molecule has 0 spiro atoms. The molecule has 2 N–H and O–H groups in total. The number of guanidine groups is 1. The van der Waals surface area contributed by atoms with Crippen LogP contribution in [0.15, 0.2) is 4.99 Å². The number of nitrogens with one attached hydrogen (secondary N) is 2. The van der Waals surface area contributed by atoms with Crippen molar-refractivity contribution in [2.45, 2.75) is 58.3 Å². The molecule has 2 aliphatic rings. The average molecular weight is 371 g/mol. The van der Waals surface area contributed by atoms with Crippen LogP contribution in [0.25, 0.3) is 0 Å². The van der Waals surface area contributed by atoms with Gasteiger partial charge in [-0.05, 0) is 40.0 Å². The van der Waals surface area contributed by atoms with Crippen LogP contribution in [0, 0.1) is 0 Å². The first-order valence-electron chi connectivity index (χ1n) is 10.3. The quantitative estimate of drug-likeness (QED) is 0.343. The second kappa shape index (κ2) is 12.5. The Morgan fingerprint density at radius 1 is 1.19 bits per heavy atom. The van der Waals surface area contributed by atoms with Crippen LogP contribution >= 0.6 is 0 Å². The third-order valence-electron chi connectivity index (χ3n) is 4.60. The van der Waals surface area contributed by atoms with E-state index in [0.29, 0.717) is 12.2 Å². The lowest BCUT2D eigenvalue weighted by atomic mass is 10.2. The van der Waals surface area contributed by atoms with Crippen molar-refractivity contribution in [3.63, 3.8) is 0 Å². The predicted molar refractivity (Wildman–Crippen MR) is 105 cm³/mol. The second-order valence-corrected chi connectivity index (χ2v) is 7.27. The summed E-state index contributed by atoms with van der Waals surface area (Å²) >= 11 is 0. The lowest BCUT2D eigenvalue weighted by Crippen LogP contribution is -2.46. The average Bonchev–Trinajstić information content (AvgIpc) is 3.11. The van der Waals surface area contributed by atoms with E-state index in [1.54, 1.807) is 0 Å². The Bertz CT molecular complexity index is 392. The number of rotatable bonds is 10. The molecule has 0 radical (unpaired) electrons. The van der Waals surface area contributed by atoms with Crippen molar-refractivity contribution >= 4 is 5.96 Å². The predicted octanol–water partition coefficient (Wildman–Crippen LogP) is 1.24. The maximum absolute atomic E-state index is 5.79. The van der Waals surface area contributed by atoms with Crippen molar-refractivity contribution in [1.82, 2.24) is 15.5 Å².